The van der Waals surface area contributed by atoms with Crippen LogP contribution < -0.4 is 4.74 Å². The van der Waals surface area contributed by atoms with Gasteiger partial charge in [-0.05, 0) is 40.8 Å². The van der Waals surface area contributed by atoms with E-state index in [4.69, 9.17) is 10.3 Å². The van der Waals surface area contributed by atoms with Crippen LogP contribution in [0.2, 0.25) is 0 Å². The Balaban J connectivity index is 1.85. The van der Waals surface area contributed by atoms with Crippen LogP contribution in [0.5, 0.6) is 5.75 Å². The van der Waals surface area contributed by atoms with Crippen molar-refractivity contribution in [2.24, 2.45) is 12.2 Å². The summed E-state index contributed by atoms with van der Waals surface area (Å²) >= 11 is 0. The lowest BCUT2D eigenvalue weighted by molar-refractivity contribution is 0.357. The molecule has 1 aliphatic rings. The van der Waals surface area contributed by atoms with Gasteiger partial charge in [0.15, 0.2) is 0 Å². The molecule has 0 amide bonds. The van der Waals surface area contributed by atoms with Crippen molar-refractivity contribution in [3.05, 3.63) is 71.4 Å². The van der Waals surface area contributed by atoms with Crippen molar-refractivity contribution in [2.75, 3.05) is 6.61 Å². The molecule has 3 aromatic rings. The monoisotopic (exact) mass is 303 g/mol. The van der Waals surface area contributed by atoms with Crippen LogP contribution in [-0.2, 0) is 13.6 Å². The van der Waals surface area contributed by atoms with Crippen LogP contribution in [0, 0.1) is 5.53 Å². The van der Waals surface area contributed by atoms with E-state index in [1.54, 1.807) is 0 Å². The molecule has 1 aliphatic heterocycles. The maximum atomic E-state index is 7.08. The van der Waals surface area contributed by atoms with Gasteiger partial charge in [-0.1, -0.05) is 30.3 Å². The number of nitrogens with one attached hydrogen (secondary N) is 1. The lowest BCUT2D eigenvalue weighted by atomic mass is 9.95. The average Bonchev–Trinajstić information content (AvgIpc) is 2.90. The lowest BCUT2D eigenvalue weighted by Crippen LogP contribution is -2.05. The second-order valence-electron chi connectivity index (χ2n) is 5.71. The molecule has 0 saturated carbocycles. The van der Waals surface area contributed by atoms with Crippen molar-refractivity contribution < 1.29 is 4.74 Å². The van der Waals surface area contributed by atoms with Crippen LogP contribution in [0.15, 0.2) is 59.7 Å². The SMILES string of the molecule is Cn1c(CN=N)cc2ccc(C3=CCOc4ccccc43)cc21. The van der Waals surface area contributed by atoms with E-state index in [9.17, 15) is 0 Å². The summed E-state index contributed by atoms with van der Waals surface area (Å²) in [7, 11) is 2.03. The number of benzene rings is 2. The fourth-order valence-electron chi connectivity index (χ4n) is 3.20. The number of aromatic nitrogens is 1. The summed E-state index contributed by atoms with van der Waals surface area (Å²) in [6.07, 6.45) is 2.13. The van der Waals surface area contributed by atoms with Crippen molar-refractivity contribution in [3.8, 4) is 5.75 Å². The molecule has 2 aromatic carbocycles. The first kappa shape index (κ1) is 13.8. The lowest BCUT2D eigenvalue weighted by Gasteiger charge is -2.19. The predicted molar refractivity (Wildman–Crippen MR) is 90.8 cm³/mol. The van der Waals surface area contributed by atoms with Gasteiger partial charge in [0.05, 0.1) is 6.54 Å². The second-order valence-corrected chi connectivity index (χ2v) is 5.71. The molecule has 2 heterocycles. The molecule has 0 atom stereocenters. The quantitative estimate of drug-likeness (QED) is 0.710. The molecule has 4 nitrogen and oxygen atoms in total. The molecule has 1 N–H and O–H groups in total. The Morgan fingerprint density at radius 1 is 1.17 bits per heavy atom. The zero-order valence-corrected chi connectivity index (χ0v) is 12.9. The first-order chi connectivity index (χ1) is 11.3. The highest BCUT2D eigenvalue weighted by atomic mass is 16.5. The van der Waals surface area contributed by atoms with E-state index in [1.807, 2.05) is 25.2 Å². The van der Waals surface area contributed by atoms with Crippen molar-refractivity contribution in [1.29, 1.82) is 5.53 Å². The minimum absolute atomic E-state index is 0.417. The Hall–Kier alpha value is -2.88. The maximum absolute atomic E-state index is 7.08. The average molecular weight is 303 g/mol. The van der Waals surface area contributed by atoms with E-state index in [1.165, 1.54) is 16.5 Å². The fourth-order valence-corrected chi connectivity index (χ4v) is 3.20. The Labute approximate surface area is 134 Å². The van der Waals surface area contributed by atoms with Crippen molar-refractivity contribution in [2.45, 2.75) is 6.54 Å². The predicted octanol–water partition coefficient (Wildman–Crippen LogP) is 4.53. The van der Waals surface area contributed by atoms with Gasteiger partial charge < -0.3 is 9.30 Å². The van der Waals surface area contributed by atoms with Crippen LogP contribution in [-0.4, -0.2) is 11.2 Å². The number of para-hydroxylation sites is 1. The number of ether oxygens (including phenoxy) is 1. The zero-order valence-electron chi connectivity index (χ0n) is 12.9. The normalized spacial score (nSPS) is 13.3. The molecular weight excluding hydrogens is 286 g/mol. The Morgan fingerprint density at radius 3 is 2.91 bits per heavy atom. The highest BCUT2D eigenvalue weighted by Gasteiger charge is 2.16. The first-order valence-corrected chi connectivity index (χ1v) is 7.62. The zero-order chi connectivity index (χ0) is 15.8. The summed E-state index contributed by atoms with van der Waals surface area (Å²) in [4.78, 5) is 0. The topological polar surface area (TPSA) is 50.4 Å². The van der Waals surface area contributed by atoms with E-state index < -0.39 is 0 Å². The summed E-state index contributed by atoms with van der Waals surface area (Å²) in [6, 6.07) is 16.7. The Morgan fingerprint density at radius 2 is 2.04 bits per heavy atom. The smallest absolute Gasteiger partial charge is 0.127 e. The Bertz CT molecular complexity index is 937. The summed E-state index contributed by atoms with van der Waals surface area (Å²) in [5.41, 5.74) is 12.8. The van der Waals surface area contributed by atoms with E-state index in [-0.39, 0.29) is 0 Å². The molecule has 0 aliphatic carbocycles. The molecule has 0 saturated heterocycles. The molecule has 114 valence electrons. The molecule has 0 bridgehead atoms. The molecule has 0 unspecified atom stereocenters. The van der Waals surface area contributed by atoms with E-state index in [0.717, 1.165) is 22.5 Å². The number of rotatable bonds is 3. The molecule has 23 heavy (non-hydrogen) atoms. The first-order valence-electron chi connectivity index (χ1n) is 7.62. The van der Waals surface area contributed by atoms with Crippen molar-refractivity contribution in [3.63, 3.8) is 0 Å². The van der Waals surface area contributed by atoms with Crippen molar-refractivity contribution in [1.82, 2.24) is 4.57 Å². The molecular formula is C19H17N3O. The minimum Gasteiger partial charge on any atom is -0.489 e. The van der Waals surface area contributed by atoms with E-state index >= 15 is 0 Å². The standard InChI is InChI=1S/C19H17N3O/c1-22-15(12-21-20)10-14-7-6-13(11-18(14)22)16-8-9-23-19-5-3-2-4-17(16)19/h2-8,10-11,20H,9,12H2,1H3. The van der Waals surface area contributed by atoms with E-state index in [2.05, 4.69) is 46.1 Å². The largest absolute Gasteiger partial charge is 0.489 e. The summed E-state index contributed by atoms with van der Waals surface area (Å²) in [5, 5.41) is 4.68. The number of nitrogens with zero attached hydrogens (tertiary/aromatic N) is 2. The number of fused-ring (bicyclic) bond motifs is 2. The van der Waals surface area contributed by atoms with Crippen LogP contribution in [0.25, 0.3) is 16.5 Å². The Kier molecular flexibility index (Phi) is 3.23. The summed E-state index contributed by atoms with van der Waals surface area (Å²) < 4.78 is 7.82. The highest BCUT2D eigenvalue weighted by Crippen LogP contribution is 2.35. The highest BCUT2D eigenvalue weighted by molar-refractivity contribution is 5.90. The third-order valence-corrected chi connectivity index (χ3v) is 4.40. The van der Waals surface area contributed by atoms with Gasteiger partial charge in [0, 0.05) is 23.8 Å². The minimum atomic E-state index is 0.417. The van der Waals surface area contributed by atoms with Crippen molar-refractivity contribution >= 4 is 16.5 Å². The third-order valence-electron chi connectivity index (χ3n) is 4.40. The van der Waals surface area contributed by atoms with Gasteiger partial charge in [-0.25, -0.2) is 5.53 Å². The molecule has 0 radical (unpaired) electrons. The van der Waals surface area contributed by atoms with Gasteiger partial charge >= 0.3 is 0 Å². The van der Waals surface area contributed by atoms with Gasteiger partial charge in [0.1, 0.15) is 12.4 Å². The second kappa shape index (κ2) is 5.39. The van der Waals surface area contributed by atoms with Gasteiger partial charge in [-0.2, -0.15) is 5.11 Å². The molecule has 1 aromatic heterocycles. The van der Waals surface area contributed by atoms with Crippen LogP contribution in [0.3, 0.4) is 0 Å². The number of hydrogen-bond donors (Lipinski definition) is 1. The van der Waals surface area contributed by atoms with Gasteiger partial charge in [0.25, 0.3) is 0 Å². The third kappa shape index (κ3) is 2.23. The summed E-state index contributed by atoms with van der Waals surface area (Å²) in [5.74, 6) is 0.936. The molecule has 0 spiro atoms. The molecule has 0 fully saturated rings. The van der Waals surface area contributed by atoms with Crippen LogP contribution in [0.1, 0.15) is 16.8 Å². The van der Waals surface area contributed by atoms with Gasteiger partial charge in [-0.15, -0.1) is 0 Å². The van der Waals surface area contributed by atoms with E-state index in [0.29, 0.717) is 13.2 Å². The van der Waals surface area contributed by atoms with Crippen LogP contribution >= 0.6 is 0 Å². The number of aryl methyl sites for hydroxylation is 1. The summed E-state index contributed by atoms with van der Waals surface area (Å²) in [6.45, 7) is 1.01. The van der Waals surface area contributed by atoms with Gasteiger partial charge in [-0.3, -0.25) is 0 Å². The molecule has 4 rings (SSSR count). The fraction of sp³-hybridized carbons (Fsp3) is 0.158. The number of hydrogen-bond acceptors (Lipinski definition) is 3. The maximum Gasteiger partial charge on any atom is 0.127 e. The molecule has 4 heteroatoms. The van der Waals surface area contributed by atoms with Gasteiger partial charge in [0.2, 0.25) is 0 Å². The van der Waals surface area contributed by atoms with Crippen LogP contribution in [0.4, 0.5) is 0 Å².